The number of aliphatic imine (C=N–C) groups is 4. The Morgan fingerprint density at radius 1 is 0.342 bits per heavy atom. The molecule has 2 aliphatic carbocycles. The number of phenols is 4. The van der Waals surface area contributed by atoms with Crippen molar-refractivity contribution in [3.63, 3.8) is 0 Å². The van der Waals surface area contributed by atoms with Gasteiger partial charge in [-0.15, -0.1) is 0 Å². The van der Waals surface area contributed by atoms with Crippen molar-refractivity contribution in [2.24, 2.45) is 20.0 Å². The summed E-state index contributed by atoms with van der Waals surface area (Å²) in [5.41, 5.74) is 6.47. The Hall–Kier alpha value is -0.438. The Bertz CT molecular complexity index is 2890. The van der Waals surface area contributed by atoms with Gasteiger partial charge in [0.2, 0.25) is 0 Å². The molecule has 0 aliphatic heterocycles. The Kier molecular flexibility index (Phi) is 33.8. The van der Waals surface area contributed by atoms with E-state index in [9.17, 15) is 20.4 Å². The van der Waals surface area contributed by atoms with Crippen LogP contribution in [-0.4, -0.2) is 69.5 Å². The minimum Gasteiger partial charge on any atom is -0.507 e. The van der Waals surface area contributed by atoms with E-state index < -0.39 is 0 Å². The van der Waals surface area contributed by atoms with Gasteiger partial charge >= 0.3 is 0 Å². The summed E-state index contributed by atoms with van der Waals surface area (Å²) in [7, 11) is 0. The molecule has 10 rings (SSSR count). The first-order valence-electron chi connectivity index (χ1n) is 24.0. The van der Waals surface area contributed by atoms with Gasteiger partial charge in [0.15, 0.2) is 0 Å². The summed E-state index contributed by atoms with van der Waals surface area (Å²) < 4.78 is 0. The number of benzene rings is 8. The van der Waals surface area contributed by atoms with E-state index in [1.165, 1.54) is 0 Å². The van der Waals surface area contributed by atoms with E-state index in [1.54, 1.807) is 0 Å². The number of phenolic OH excluding ortho intramolecular Hbond substituents is 4. The van der Waals surface area contributed by atoms with E-state index in [0.717, 1.165) is 139 Å². The molecule has 0 bridgehead atoms. The van der Waals surface area contributed by atoms with Crippen LogP contribution >= 0.6 is 27.0 Å². The van der Waals surface area contributed by atoms with E-state index in [2.05, 4.69) is 24.3 Å². The van der Waals surface area contributed by atoms with Crippen LogP contribution in [-0.2, 0) is 183 Å². The van der Waals surface area contributed by atoms with E-state index in [4.69, 9.17) is 20.0 Å². The van der Waals surface area contributed by atoms with Crippen molar-refractivity contribution < 1.29 is 204 Å². The first-order valence-corrected chi connectivity index (χ1v) is 24.0. The molecule has 76 heavy (non-hydrogen) atoms. The van der Waals surface area contributed by atoms with E-state index >= 15 is 0 Å². The molecular formula is C60H64N4O4S2Y4Zr2. The summed E-state index contributed by atoms with van der Waals surface area (Å²) >= 11 is 0. The molecule has 16 heteroatoms. The van der Waals surface area contributed by atoms with Crippen molar-refractivity contribution in [1.29, 1.82) is 0 Å². The third-order valence-electron chi connectivity index (χ3n) is 14.2. The van der Waals surface area contributed by atoms with Gasteiger partial charge in [-0.3, -0.25) is 20.0 Å². The fourth-order valence-electron chi connectivity index (χ4n) is 10.2. The van der Waals surface area contributed by atoms with Crippen LogP contribution in [0.3, 0.4) is 0 Å². The van der Waals surface area contributed by atoms with Crippen LogP contribution in [0, 0.1) is 27.7 Å². The second-order valence-electron chi connectivity index (χ2n) is 18.6. The molecule has 0 heterocycles. The van der Waals surface area contributed by atoms with Crippen molar-refractivity contribution in [1.82, 2.24) is 0 Å². The maximum absolute atomic E-state index is 10.7. The predicted molar refractivity (Wildman–Crippen MR) is 305 cm³/mol. The van der Waals surface area contributed by atoms with Crippen LogP contribution in [0.15, 0.2) is 141 Å². The Morgan fingerprint density at radius 2 is 0.526 bits per heavy atom. The summed E-state index contributed by atoms with van der Waals surface area (Å²) in [6.07, 6.45) is 15.6. The summed E-state index contributed by atoms with van der Waals surface area (Å²) in [5, 5.41) is 51.6. The number of aryl methyl sites for hydroxylation is 4. The zero-order valence-electron chi connectivity index (χ0n) is 43.7. The SMILES string of the molecule is Cc1c(O)c(C=N[C@@H]2CCCC[C@H]2N=Cc2cc3ccccc3c(C)c2O)cc2ccccc12.Cc1c(O)c(C=N[C@H]2CCCC[C@@H]2N=Cc2cc3ccccc3c(C)c2O)cc2ccccc12.S.S.[Y].[Y].[Y].[Y].[Zr].[Zr]. The molecule has 0 unspecified atom stereocenters. The molecule has 0 spiro atoms. The van der Waals surface area contributed by atoms with Gasteiger partial charge in [-0.25, -0.2) is 0 Å². The average Bonchev–Trinajstić information content (AvgIpc) is 3.37. The summed E-state index contributed by atoms with van der Waals surface area (Å²) in [6, 6.07) is 40.6. The molecule has 4 atom stereocenters. The third kappa shape index (κ3) is 17.3. The van der Waals surface area contributed by atoms with Crippen molar-refractivity contribution >= 4 is 94.9 Å². The number of rotatable bonds is 8. The molecule has 380 valence electrons. The van der Waals surface area contributed by atoms with Crippen molar-refractivity contribution in [2.75, 3.05) is 0 Å². The maximum atomic E-state index is 10.7. The van der Waals surface area contributed by atoms with Gasteiger partial charge in [0.05, 0.1) is 24.2 Å². The van der Waals surface area contributed by atoms with Crippen molar-refractivity contribution in [2.45, 2.75) is 103 Å². The number of fused-ring (bicyclic) bond motifs is 4. The van der Waals surface area contributed by atoms with Crippen LogP contribution in [0.4, 0.5) is 0 Å². The standard InChI is InChI=1S/2C30H30N2O2.2H2S.4Y.2Zr/c2*1-19-25-11-5-3-9-21(25)15-23(29(19)33)17-31-27-13-7-8-14-28(27)32-18-24-16-22-10-4-6-12-26(22)20(2)30(24)34;;;;;;;;/h2*3-6,9-12,15-18,27-28,33-34H,7-8,13-14H2,1-2H3;2*1H2;;;;;;/t2*27-,28-;;;;;;;;/m10......../s1. The minimum absolute atomic E-state index is 0. The molecule has 2 aliphatic rings. The monoisotopic (exact) mass is 1500 g/mol. The summed E-state index contributed by atoms with van der Waals surface area (Å²) in [5.74, 6) is 1.15. The van der Waals surface area contributed by atoms with Crippen molar-refractivity contribution in [3.05, 3.63) is 166 Å². The van der Waals surface area contributed by atoms with Crippen molar-refractivity contribution in [3.8, 4) is 23.0 Å². The molecule has 0 saturated heterocycles. The quantitative estimate of drug-likeness (QED) is 0.113. The minimum atomic E-state index is 0. The van der Waals surface area contributed by atoms with E-state index in [-0.39, 0.29) is 257 Å². The number of hydrogen-bond donors (Lipinski definition) is 4. The molecular weight excluding hydrogens is 1440 g/mol. The van der Waals surface area contributed by atoms with Crippen LogP contribution in [0.5, 0.6) is 23.0 Å². The molecule has 0 aromatic heterocycles. The molecule has 8 nitrogen and oxygen atoms in total. The topological polar surface area (TPSA) is 130 Å². The third-order valence-corrected chi connectivity index (χ3v) is 14.2. The van der Waals surface area contributed by atoms with Crippen LogP contribution in [0.25, 0.3) is 43.1 Å². The number of hydrogen-bond acceptors (Lipinski definition) is 8. The molecule has 8 aromatic rings. The Labute approximate surface area is 601 Å². The first kappa shape index (κ1) is 73.6. The van der Waals surface area contributed by atoms with Gasteiger partial charge in [-0.05, 0) is 143 Å². The second-order valence-corrected chi connectivity index (χ2v) is 18.6. The van der Waals surface area contributed by atoms with Gasteiger partial charge in [-0.2, -0.15) is 27.0 Å². The maximum Gasteiger partial charge on any atom is 0.127 e. The first-order chi connectivity index (χ1) is 33.0. The van der Waals surface area contributed by atoms with E-state index in [1.807, 2.05) is 150 Å². The fourth-order valence-corrected chi connectivity index (χ4v) is 10.2. The Balaban J connectivity index is 0.000000688. The normalized spacial score (nSPS) is 17.0. The molecule has 8 aromatic carbocycles. The molecule has 4 N–H and O–H groups in total. The second kappa shape index (κ2) is 34.9. The number of nitrogens with zero attached hydrogens (tertiary/aromatic N) is 4. The van der Waals surface area contributed by atoms with Gasteiger partial charge in [0, 0.05) is 230 Å². The Morgan fingerprint density at radius 3 is 0.724 bits per heavy atom. The summed E-state index contributed by atoms with van der Waals surface area (Å²) in [6.45, 7) is 7.78. The largest absolute Gasteiger partial charge is 0.507 e. The van der Waals surface area contributed by atoms with Gasteiger partial charge in [0.1, 0.15) is 23.0 Å². The fraction of sp³-hybridized carbons (Fsp3) is 0.267. The molecule has 4 radical (unpaired) electrons. The smallest absolute Gasteiger partial charge is 0.127 e. The van der Waals surface area contributed by atoms with Gasteiger partial charge < -0.3 is 20.4 Å². The van der Waals surface area contributed by atoms with E-state index in [0.29, 0.717) is 0 Å². The average molecular weight is 1510 g/mol. The predicted octanol–water partition coefficient (Wildman–Crippen LogP) is 14.0. The zero-order chi connectivity index (χ0) is 47.3. The van der Waals surface area contributed by atoms with Gasteiger partial charge in [0.25, 0.3) is 0 Å². The molecule has 0 amide bonds. The van der Waals surface area contributed by atoms with Crippen LogP contribution in [0.1, 0.15) is 95.9 Å². The van der Waals surface area contributed by atoms with Crippen LogP contribution < -0.4 is 0 Å². The summed E-state index contributed by atoms with van der Waals surface area (Å²) in [4.78, 5) is 19.5. The van der Waals surface area contributed by atoms with Crippen LogP contribution in [0.2, 0.25) is 0 Å². The van der Waals surface area contributed by atoms with Gasteiger partial charge in [-0.1, -0.05) is 123 Å². The zero-order valence-corrected chi connectivity index (χ0v) is 62.0. The molecule has 2 saturated carbocycles. The number of aromatic hydroxyl groups is 4. The molecule has 2 fully saturated rings.